The molecule has 7 heteroatoms. The van der Waals surface area contributed by atoms with Crippen LogP contribution in [0.1, 0.15) is 22.7 Å². The minimum Gasteiger partial charge on any atom is -0.508 e. The van der Waals surface area contributed by atoms with Crippen LogP contribution in [0.3, 0.4) is 0 Å². The predicted octanol–water partition coefficient (Wildman–Crippen LogP) is 5.56. The second-order valence-corrected chi connectivity index (χ2v) is 10.5. The average molecular weight is 474 g/mol. The van der Waals surface area contributed by atoms with Gasteiger partial charge in [-0.15, -0.1) is 0 Å². The van der Waals surface area contributed by atoms with E-state index in [1.165, 1.54) is 18.4 Å². The van der Waals surface area contributed by atoms with Gasteiger partial charge in [-0.1, -0.05) is 59.6 Å². The Balaban J connectivity index is 1.72. The van der Waals surface area contributed by atoms with Crippen molar-refractivity contribution >= 4 is 37.9 Å². The number of halogens is 2. The number of aromatic hydroxyl groups is 1. The summed E-state index contributed by atoms with van der Waals surface area (Å²) in [6.07, 6.45) is 1.21. The lowest BCUT2D eigenvalue weighted by molar-refractivity contribution is 0.203. The molecule has 1 aliphatic rings. The lowest BCUT2D eigenvalue weighted by Crippen LogP contribution is -2.44. The van der Waals surface area contributed by atoms with Crippen LogP contribution in [0, 0.1) is 0 Å². The first-order valence-electron chi connectivity index (χ1n) is 9.69. The van der Waals surface area contributed by atoms with Gasteiger partial charge in [0.1, 0.15) is 5.75 Å². The Bertz CT molecular complexity index is 1180. The Hall–Kier alpha value is -2.31. The van der Waals surface area contributed by atoms with Gasteiger partial charge in [0.05, 0.1) is 10.9 Å². The van der Waals surface area contributed by atoms with E-state index in [4.69, 9.17) is 23.2 Å². The summed E-state index contributed by atoms with van der Waals surface area (Å²) in [7, 11) is -3.48. The maximum absolute atomic E-state index is 12.6. The third-order valence-electron chi connectivity index (χ3n) is 5.32. The van der Waals surface area contributed by atoms with Gasteiger partial charge < -0.3 is 5.11 Å². The molecule has 160 valence electrons. The quantitative estimate of drug-likeness (QED) is 0.526. The third-order valence-corrected chi connectivity index (χ3v) is 7.09. The van der Waals surface area contributed by atoms with Crippen molar-refractivity contribution in [2.45, 2.75) is 6.04 Å². The van der Waals surface area contributed by atoms with Crippen molar-refractivity contribution in [3.63, 3.8) is 0 Å². The van der Waals surface area contributed by atoms with E-state index in [2.05, 4.69) is 4.90 Å². The predicted molar refractivity (Wildman–Crippen MR) is 126 cm³/mol. The second kappa shape index (κ2) is 8.67. The summed E-state index contributed by atoms with van der Waals surface area (Å²) >= 11 is 12.2. The molecule has 4 nitrogen and oxygen atoms in total. The molecule has 1 fully saturated rings. The Labute approximate surface area is 192 Å². The number of nitrogens with zero attached hydrogens (tertiary/aromatic N) is 1. The smallest absolute Gasteiger partial charge is 0.176 e. The highest BCUT2D eigenvalue weighted by Gasteiger charge is 2.34. The van der Waals surface area contributed by atoms with Gasteiger partial charge >= 0.3 is 0 Å². The fourth-order valence-corrected chi connectivity index (χ4v) is 5.46. The van der Waals surface area contributed by atoms with Crippen molar-refractivity contribution in [2.75, 3.05) is 19.3 Å². The summed E-state index contributed by atoms with van der Waals surface area (Å²) < 4.78 is 25.2. The Morgan fingerprint density at radius 2 is 1.42 bits per heavy atom. The van der Waals surface area contributed by atoms with E-state index < -0.39 is 9.84 Å². The minimum atomic E-state index is -3.48. The molecule has 3 aromatic carbocycles. The monoisotopic (exact) mass is 473 g/mol. The molecule has 0 unspecified atom stereocenters. The number of hydrogen-bond acceptors (Lipinski definition) is 4. The fraction of sp³-hybridized carbons (Fsp3) is 0.167. The van der Waals surface area contributed by atoms with E-state index in [0.717, 1.165) is 16.7 Å². The van der Waals surface area contributed by atoms with Crippen molar-refractivity contribution in [3.05, 3.63) is 105 Å². The zero-order valence-electron chi connectivity index (χ0n) is 16.8. The van der Waals surface area contributed by atoms with E-state index in [-0.39, 0.29) is 16.7 Å². The van der Waals surface area contributed by atoms with Crippen LogP contribution in [-0.4, -0.2) is 37.8 Å². The first-order valence-corrected chi connectivity index (χ1v) is 12.3. The number of sulfone groups is 1. The molecule has 1 aliphatic heterocycles. The van der Waals surface area contributed by atoms with Crippen molar-refractivity contribution in [3.8, 4) is 5.75 Å². The summed E-state index contributed by atoms with van der Waals surface area (Å²) in [5, 5.41) is 11.1. The van der Waals surface area contributed by atoms with Gasteiger partial charge in [-0.3, -0.25) is 4.90 Å². The zero-order valence-corrected chi connectivity index (χ0v) is 19.1. The second-order valence-electron chi connectivity index (χ2n) is 7.67. The number of likely N-dealkylation sites (tertiary alicyclic amines) is 1. The molecule has 0 spiro atoms. The zero-order chi connectivity index (χ0) is 22.2. The summed E-state index contributed by atoms with van der Waals surface area (Å²) in [5.74, 6) is 0.0376. The summed E-state index contributed by atoms with van der Waals surface area (Å²) in [6, 6.07) is 21.6. The molecule has 1 saturated heterocycles. The highest BCUT2D eigenvalue weighted by atomic mass is 35.5. The summed E-state index contributed by atoms with van der Waals surface area (Å²) in [4.78, 5) is 2.49. The van der Waals surface area contributed by atoms with Crippen LogP contribution in [0.15, 0.2) is 78.4 Å². The van der Waals surface area contributed by atoms with Crippen LogP contribution in [0.5, 0.6) is 5.75 Å². The Morgan fingerprint density at radius 3 is 1.87 bits per heavy atom. The van der Waals surface area contributed by atoms with Crippen LogP contribution in [0.4, 0.5) is 0 Å². The lowest BCUT2D eigenvalue weighted by Gasteiger charge is -2.42. The van der Waals surface area contributed by atoms with Gasteiger partial charge in [-0.2, -0.15) is 0 Å². The maximum atomic E-state index is 12.6. The van der Waals surface area contributed by atoms with Gasteiger partial charge in [-0.05, 0) is 58.7 Å². The molecule has 0 atom stereocenters. The average Bonchev–Trinajstić information content (AvgIpc) is 2.68. The summed E-state index contributed by atoms with van der Waals surface area (Å²) in [6.45, 7) is 0.988. The summed E-state index contributed by atoms with van der Waals surface area (Å²) in [5.41, 5.74) is 3.45. The van der Waals surface area contributed by atoms with E-state index in [1.54, 1.807) is 12.1 Å². The number of rotatable bonds is 5. The van der Waals surface area contributed by atoms with E-state index in [9.17, 15) is 13.5 Å². The fourth-order valence-electron chi connectivity index (χ4n) is 4.00. The first-order chi connectivity index (χ1) is 14.7. The van der Waals surface area contributed by atoms with Crippen LogP contribution in [0.25, 0.3) is 4.91 Å². The Kier molecular flexibility index (Phi) is 6.13. The molecular weight excluding hydrogens is 453 g/mol. The van der Waals surface area contributed by atoms with Gasteiger partial charge in [0, 0.05) is 29.4 Å². The van der Waals surface area contributed by atoms with Crippen molar-refractivity contribution < 1.29 is 13.5 Å². The molecule has 1 N–H and O–H groups in total. The largest absolute Gasteiger partial charge is 0.508 e. The molecule has 0 radical (unpaired) electrons. The normalized spacial score (nSPS) is 14.5. The van der Waals surface area contributed by atoms with Crippen LogP contribution in [-0.2, 0) is 9.84 Å². The molecular formula is C24H21Cl2NO3S. The molecule has 4 rings (SSSR count). The maximum Gasteiger partial charge on any atom is 0.176 e. The standard InChI is InChI=1S/C24H21Cl2NO3S/c1-31(29,30)24(18-3-2-4-22(28)13-18)19-14-27(15-19)23(16-5-9-20(25)10-6-16)17-7-11-21(26)12-8-17/h2-13,23,28H,14-15H2,1H3. The molecule has 31 heavy (non-hydrogen) atoms. The van der Waals surface area contributed by atoms with Crippen LogP contribution < -0.4 is 0 Å². The molecule has 1 heterocycles. The van der Waals surface area contributed by atoms with Crippen molar-refractivity contribution in [2.24, 2.45) is 0 Å². The van der Waals surface area contributed by atoms with E-state index in [1.807, 2.05) is 48.5 Å². The van der Waals surface area contributed by atoms with Gasteiger partial charge in [0.2, 0.25) is 0 Å². The number of phenolic OH excluding ortho intramolecular Hbond substituents is 1. The van der Waals surface area contributed by atoms with Crippen molar-refractivity contribution in [1.82, 2.24) is 4.90 Å². The first kappa shape index (κ1) is 21.9. The number of hydrogen-bond donors (Lipinski definition) is 1. The topological polar surface area (TPSA) is 57.6 Å². The number of benzene rings is 3. The molecule has 0 aromatic heterocycles. The van der Waals surface area contributed by atoms with E-state index in [0.29, 0.717) is 28.7 Å². The van der Waals surface area contributed by atoms with Gasteiger partial charge in [0.15, 0.2) is 9.84 Å². The molecule has 0 aliphatic carbocycles. The Morgan fingerprint density at radius 1 is 0.903 bits per heavy atom. The SMILES string of the molecule is CS(=O)(=O)C(=C1CN(C(c2ccc(Cl)cc2)c2ccc(Cl)cc2)C1)c1cccc(O)c1. The van der Waals surface area contributed by atoms with Crippen molar-refractivity contribution in [1.29, 1.82) is 0 Å². The highest BCUT2D eigenvalue weighted by Crippen LogP contribution is 2.39. The van der Waals surface area contributed by atoms with Crippen LogP contribution >= 0.6 is 23.2 Å². The number of phenols is 1. The lowest BCUT2D eigenvalue weighted by atomic mass is 9.92. The van der Waals surface area contributed by atoms with Crippen LogP contribution in [0.2, 0.25) is 10.0 Å². The van der Waals surface area contributed by atoms with Gasteiger partial charge in [-0.25, -0.2) is 8.42 Å². The third kappa shape index (κ3) is 4.80. The molecule has 0 bridgehead atoms. The van der Waals surface area contributed by atoms with E-state index >= 15 is 0 Å². The molecule has 0 saturated carbocycles. The molecule has 3 aromatic rings. The van der Waals surface area contributed by atoms with Gasteiger partial charge in [0.25, 0.3) is 0 Å². The highest BCUT2D eigenvalue weighted by molar-refractivity contribution is 8.00. The molecule has 0 amide bonds. The minimum absolute atomic E-state index is 0.0376.